The van der Waals surface area contributed by atoms with Crippen LogP contribution in [0.2, 0.25) is 21.6 Å². The third-order valence-electron chi connectivity index (χ3n) is 4.11. The summed E-state index contributed by atoms with van der Waals surface area (Å²) in [5, 5.41) is 0.762. The van der Waals surface area contributed by atoms with E-state index in [2.05, 4.69) is 53.0 Å². The molecule has 0 heterocycles. The molecule has 0 aliphatic carbocycles. The van der Waals surface area contributed by atoms with E-state index in [9.17, 15) is 0 Å². The van der Waals surface area contributed by atoms with Gasteiger partial charge in [-0.2, -0.15) is 0 Å². The summed E-state index contributed by atoms with van der Waals surface area (Å²) in [4.78, 5) is 0. The molecule has 0 fully saturated rings. The van der Waals surface area contributed by atoms with E-state index in [0.29, 0.717) is 16.6 Å². The Hall–Kier alpha value is -0.713. The van der Waals surface area contributed by atoms with Crippen LogP contribution >= 0.6 is 11.6 Å². The van der Waals surface area contributed by atoms with E-state index in [1.165, 1.54) is 0 Å². The van der Waals surface area contributed by atoms with Gasteiger partial charge in [-0.25, -0.2) is 0 Å². The van der Waals surface area contributed by atoms with Crippen LogP contribution in [0.5, 0.6) is 0 Å². The summed E-state index contributed by atoms with van der Waals surface area (Å²) in [6.07, 6.45) is 0. The molecular formula is C17H25ClSi. The summed E-state index contributed by atoms with van der Waals surface area (Å²) in [6, 6.07) is 7.86. The first-order chi connectivity index (χ1) is 8.80. The van der Waals surface area contributed by atoms with Crippen LogP contribution in [0.15, 0.2) is 24.3 Å². The maximum Gasteiger partial charge on any atom is 0.146 e. The second-order valence-electron chi connectivity index (χ2n) is 6.16. The summed E-state index contributed by atoms with van der Waals surface area (Å²) < 4.78 is 0. The first-order valence-corrected chi connectivity index (χ1v) is 9.70. The van der Waals surface area contributed by atoms with Crippen LogP contribution in [-0.4, -0.2) is 8.07 Å². The Morgan fingerprint density at radius 1 is 0.947 bits per heavy atom. The molecule has 0 spiro atoms. The quantitative estimate of drug-likeness (QED) is 0.480. The van der Waals surface area contributed by atoms with Gasteiger partial charge in [-0.15, -0.1) is 5.54 Å². The number of hydrogen-bond acceptors (Lipinski definition) is 0. The molecular weight excluding hydrogens is 268 g/mol. The van der Waals surface area contributed by atoms with E-state index < -0.39 is 8.07 Å². The zero-order valence-electron chi connectivity index (χ0n) is 12.9. The number of halogens is 1. The summed E-state index contributed by atoms with van der Waals surface area (Å²) in [7, 11) is -1.63. The minimum atomic E-state index is -1.63. The van der Waals surface area contributed by atoms with Crippen LogP contribution in [0.1, 0.15) is 47.1 Å². The smallest absolute Gasteiger partial charge is 0.125 e. The predicted molar refractivity (Wildman–Crippen MR) is 89.4 cm³/mol. The molecule has 0 nitrogen and oxygen atoms in total. The largest absolute Gasteiger partial charge is 0.146 e. The van der Waals surface area contributed by atoms with Gasteiger partial charge in [0.1, 0.15) is 8.07 Å². The Balaban J connectivity index is 3.23. The lowest BCUT2D eigenvalue weighted by Gasteiger charge is -2.38. The molecule has 0 aliphatic heterocycles. The van der Waals surface area contributed by atoms with E-state index in [-0.39, 0.29) is 0 Å². The molecule has 1 rings (SSSR count). The van der Waals surface area contributed by atoms with Gasteiger partial charge in [0.2, 0.25) is 0 Å². The molecule has 1 aromatic carbocycles. The van der Waals surface area contributed by atoms with Crippen molar-refractivity contribution in [2.24, 2.45) is 0 Å². The molecule has 0 aliphatic rings. The van der Waals surface area contributed by atoms with Crippen molar-refractivity contribution in [1.82, 2.24) is 0 Å². The van der Waals surface area contributed by atoms with Crippen LogP contribution in [0.25, 0.3) is 0 Å². The van der Waals surface area contributed by atoms with Gasteiger partial charge in [0.15, 0.2) is 0 Å². The molecule has 0 amide bonds. The van der Waals surface area contributed by atoms with E-state index in [0.717, 1.165) is 10.6 Å². The Bertz CT molecular complexity index is 456. The fourth-order valence-electron chi connectivity index (χ4n) is 3.18. The molecule has 1 aromatic rings. The Kier molecular flexibility index (Phi) is 5.71. The highest BCUT2D eigenvalue weighted by Crippen LogP contribution is 2.40. The molecule has 19 heavy (non-hydrogen) atoms. The maximum atomic E-state index is 6.03. The number of hydrogen-bond donors (Lipinski definition) is 0. The maximum absolute atomic E-state index is 6.03. The third-order valence-corrected chi connectivity index (χ3v) is 10.6. The Morgan fingerprint density at radius 2 is 1.47 bits per heavy atom. The van der Waals surface area contributed by atoms with Crippen molar-refractivity contribution >= 4 is 19.7 Å². The van der Waals surface area contributed by atoms with Crippen molar-refractivity contribution in [3.8, 4) is 11.5 Å². The van der Waals surface area contributed by atoms with Gasteiger partial charge in [-0.05, 0) is 34.8 Å². The van der Waals surface area contributed by atoms with Crippen LogP contribution in [-0.2, 0) is 0 Å². The first kappa shape index (κ1) is 16.3. The number of rotatable bonds is 3. The van der Waals surface area contributed by atoms with Gasteiger partial charge in [0, 0.05) is 10.6 Å². The zero-order valence-corrected chi connectivity index (χ0v) is 14.7. The van der Waals surface area contributed by atoms with E-state index in [4.69, 9.17) is 11.6 Å². The lowest BCUT2D eigenvalue weighted by atomic mass is 10.2. The first-order valence-electron chi connectivity index (χ1n) is 7.09. The second-order valence-corrected chi connectivity index (χ2v) is 12.2. The molecule has 0 saturated carbocycles. The normalized spacial score (nSPS) is 11.9. The molecule has 0 atom stereocenters. The molecule has 0 radical (unpaired) electrons. The van der Waals surface area contributed by atoms with Crippen LogP contribution < -0.4 is 0 Å². The molecule has 104 valence electrons. The summed E-state index contributed by atoms with van der Waals surface area (Å²) >= 11 is 6.03. The topological polar surface area (TPSA) is 0 Å². The lowest BCUT2D eigenvalue weighted by Crippen LogP contribution is -2.43. The second kappa shape index (κ2) is 6.64. The van der Waals surface area contributed by atoms with Crippen molar-refractivity contribution in [3.63, 3.8) is 0 Å². The SMILES string of the molecule is CC(C)[Si](C#Cc1cccc(Cl)c1)(C(C)C)C(C)C. The van der Waals surface area contributed by atoms with E-state index in [1.807, 2.05) is 24.3 Å². The van der Waals surface area contributed by atoms with Crippen LogP contribution in [0, 0.1) is 11.5 Å². The number of benzene rings is 1. The summed E-state index contributed by atoms with van der Waals surface area (Å²) in [5.74, 6) is 3.40. The lowest BCUT2D eigenvalue weighted by molar-refractivity contribution is 0.838. The molecule has 0 saturated heterocycles. The van der Waals surface area contributed by atoms with Crippen molar-refractivity contribution in [2.75, 3.05) is 0 Å². The highest BCUT2D eigenvalue weighted by atomic mass is 35.5. The molecule has 0 bridgehead atoms. The van der Waals surface area contributed by atoms with Crippen molar-refractivity contribution < 1.29 is 0 Å². The molecule has 0 aromatic heterocycles. The third kappa shape index (κ3) is 3.65. The molecule has 0 N–H and O–H groups in total. The van der Waals surface area contributed by atoms with Gasteiger partial charge >= 0.3 is 0 Å². The van der Waals surface area contributed by atoms with E-state index >= 15 is 0 Å². The van der Waals surface area contributed by atoms with Crippen LogP contribution in [0.3, 0.4) is 0 Å². The van der Waals surface area contributed by atoms with Crippen LogP contribution in [0.4, 0.5) is 0 Å². The standard InChI is InChI=1S/C17H25ClSi/c1-13(2)19(14(3)4,15(5)6)11-10-16-8-7-9-17(18)12-16/h7-9,12-15H,1-6H3. The van der Waals surface area contributed by atoms with Gasteiger partial charge in [-0.1, -0.05) is 65.1 Å². The van der Waals surface area contributed by atoms with Crippen molar-refractivity contribution in [3.05, 3.63) is 34.9 Å². The van der Waals surface area contributed by atoms with Crippen molar-refractivity contribution in [1.29, 1.82) is 0 Å². The Morgan fingerprint density at radius 3 is 1.89 bits per heavy atom. The van der Waals surface area contributed by atoms with Gasteiger partial charge in [-0.3, -0.25) is 0 Å². The molecule has 0 unspecified atom stereocenters. The fraction of sp³-hybridized carbons (Fsp3) is 0.529. The molecule has 2 heteroatoms. The van der Waals surface area contributed by atoms with Gasteiger partial charge in [0.25, 0.3) is 0 Å². The van der Waals surface area contributed by atoms with E-state index in [1.54, 1.807) is 0 Å². The van der Waals surface area contributed by atoms with Gasteiger partial charge in [0.05, 0.1) is 0 Å². The zero-order chi connectivity index (χ0) is 14.6. The summed E-state index contributed by atoms with van der Waals surface area (Å²) in [5.41, 5.74) is 6.74. The highest BCUT2D eigenvalue weighted by Gasteiger charge is 2.41. The fourth-order valence-corrected chi connectivity index (χ4v) is 8.60. The Labute approximate surface area is 124 Å². The minimum Gasteiger partial charge on any atom is -0.125 e. The highest BCUT2D eigenvalue weighted by molar-refractivity contribution is 6.90. The van der Waals surface area contributed by atoms with Gasteiger partial charge < -0.3 is 0 Å². The monoisotopic (exact) mass is 292 g/mol. The summed E-state index contributed by atoms with van der Waals surface area (Å²) in [6.45, 7) is 14.0. The average molecular weight is 293 g/mol. The average Bonchev–Trinajstić information content (AvgIpc) is 2.28. The predicted octanol–water partition coefficient (Wildman–Crippen LogP) is 5.91. The van der Waals surface area contributed by atoms with Crippen molar-refractivity contribution in [2.45, 2.75) is 58.2 Å². The minimum absolute atomic E-state index is 0.666.